The van der Waals surface area contributed by atoms with Crippen LogP contribution in [0.5, 0.6) is 23.5 Å². The highest BCUT2D eigenvalue weighted by molar-refractivity contribution is 7.80. The van der Waals surface area contributed by atoms with Crippen LogP contribution < -0.4 is 35.3 Å². The van der Waals surface area contributed by atoms with Crippen LogP contribution in [0.3, 0.4) is 0 Å². The Morgan fingerprint density at radius 1 is 0.933 bits per heavy atom. The van der Waals surface area contributed by atoms with Crippen LogP contribution in [0.2, 0.25) is 0 Å². The van der Waals surface area contributed by atoms with Gasteiger partial charge in [-0.2, -0.15) is 19.9 Å². The molecule has 0 saturated heterocycles. The molecule has 2 aromatic rings. The molecule has 1 amide bonds. The van der Waals surface area contributed by atoms with E-state index in [2.05, 4.69) is 35.3 Å². The van der Waals surface area contributed by atoms with Crippen LogP contribution in [0.1, 0.15) is 6.92 Å². The monoisotopic (exact) mass is 441 g/mol. The second-order valence-corrected chi connectivity index (χ2v) is 5.29. The summed E-state index contributed by atoms with van der Waals surface area (Å²) < 4.78 is 24.3. The van der Waals surface area contributed by atoms with Gasteiger partial charge in [-0.3, -0.25) is 5.32 Å². The summed E-state index contributed by atoms with van der Waals surface area (Å²) >= 11 is 4.90. The van der Waals surface area contributed by atoms with Crippen molar-refractivity contribution in [3.63, 3.8) is 0 Å². The van der Waals surface area contributed by atoms with Gasteiger partial charge in [0.1, 0.15) is 0 Å². The molecule has 0 aliphatic rings. The SMILES string of the molecule is CCOC(=O)NC(=S)Nc1nc(OC)cc(OC)n1.COc1cc(OC)nc(N)n1. The number of hydrogen-bond acceptors (Lipinski definition) is 12. The molecule has 13 nitrogen and oxygen atoms in total. The number of ether oxygens (including phenoxy) is 5. The highest BCUT2D eigenvalue weighted by Gasteiger charge is 2.09. The summed E-state index contributed by atoms with van der Waals surface area (Å²) in [6.07, 6.45) is -0.658. The molecule has 0 aliphatic heterocycles. The Bertz CT molecular complexity index is 810. The lowest BCUT2D eigenvalue weighted by atomic mass is 10.6. The molecule has 0 spiro atoms. The maximum atomic E-state index is 11.1. The van der Waals surface area contributed by atoms with Gasteiger partial charge in [-0.15, -0.1) is 0 Å². The Morgan fingerprint density at radius 3 is 1.77 bits per heavy atom. The lowest BCUT2D eigenvalue weighted by Crippen LogP contribution is -2.35. The molecule has 164 valence electrons. The van der Waals surface area contributed by atoms with E-state index in [1.165, 1.54) is 34.5 Å². The Labute approximate surface area is 178 Å². The number of thiocarbonyl (C=S) groups is 1. The summed E-state index contributed by atoms with van der Waals surface area (Å²) in [5.41, 5.74) is 5.33. The lowest BCUT2D eigenvalue weighted by molar-refractivity contribution is 0.158. The number of rotatable bonds is 6. The summed E-state index contributed by atoms with van der Waals surface area (Å²) in [7, 11) is 5.92. The normalized spacial score (nSPS) is 9.37. The smallest absolute Gasteiger partial charge is 0.413 e. The van der Waals surface area contributed by atoms with E-state index in [-0.39, 0.29) is 23.6 Å². The van der Waals surface area contributed by atoms with Crippen molar-refractivity contribution in [3.8, 4) is 23.5 Å². The molecule has 0 aromatic carbocycles. The number of nitrogens with zero attached hydrogens (tertiary/aromatic N) is 4. The third-order valence-corrected chi connectivity index (χ3v) is 3.13. The third kappa shape index (κ3) is 8.55. The summed E-state index contributed by atoms with van der Waals surface area (Å²) in [6.45, 7) is 1.93. The summed E-state index contributed by atoms with van der Waals surface area (Å²) in [4.78, 5) is 26.6. The minimum absolute atomic E-state index is 0.00811. The van der Waals surface area contributed by atoms with E-state index in [9.17, 15) is 4.79 Å². The van der Waals surface area contributed by atoms with Crippen LogP contribution in [0.25, 0.3) is 0 Å². The number of methoxy groups -OCH3 is 4. The zero-order chi connectivity index (χ0) is 22.5. The summed E-state index contributed by atoms with van der Waals surface area (Å²) in [6, 6.07) is 3.06. The number of nitrogen functional groups attached to an aromatic ring is 1. The van der Waals surface area contributed by atoms with Crippen LogP contribution in [0.15, 0.2) is 12.1 Å². The van der Waals surface area contributed by atoms with Crippen molar-refractivity contribution in [3.05, 3.63) is 12.1 Å². The summed E-state index contributed by atoms with van der Waals surface area (Å²) in [5.74, 6) is 1.67. The van der Waals surface area contributed by atoms with E-state index < -0.39 is 6.09 Å². The van der Waals surface area contributed by atoms with Crippen LogP contribution in [0, 0.1) is 0 Å². The fraction of sp³-hybridized carbons (Fsp3) is 0.375. The van der Waals surface area contributed by atoms with E-state index in [4.69, 9.17) is 36.9 Å². The first-order chi connectivity index (χ1) is 14.3. The highest BCUT2D eigenvalue weighted by atomic mass is 32.1. The molecule has 0 unspecified atom stereocenters. The zero-order valence-electron chi connectivity index (χ0n) is 17.1. The van der Waals surface area contributed by atoms with E-state index >= 15 is 0 Å². The minimum Gasteiger partial charge on any atom is -0.481 e. The molecule has 0 saturated carbocycles. The number of alkyl carbamates (subject to hydrolysis) is 1. The molecular formula is C16H23N7O6S. The van der Waals surface area contributed by atoms with E-state index in [1.54, 1.807) is 13.0 Å². The molecule has 2 aromatic heterocycles. The van der Waals surface area contributed by atoms with Crippen molar-refractivity contribution in [2.75, 3.05) is 46.1 Å². The van der Waals surface area contributed by atoms with Crippen molar-refractivity contribution >= 4 is 35.3 Å². The first-order valence-electron chi connectivity index (χ1n) is 8.29. The van der Waals surface area contributed by atoms with E-state index in [0.29, 0.717) is 23.5 Å². The Hall–Kier alpha value is -3.68. The van der Waals surface area contributed by atoms with Gasteiger partial charge in [-0.1, -0.05) is 0 Å². The van der Waals surface area contributed by atoms with Crippen LogP contribution in [-0.2, 0) is 4.74 Å². The first kappa shape index (κ1) is 24.4. The second kappa shape index (κ2) is 12.7. The molecule has 0 fully saturated rings. The average Bonchev–Trinajstić information content (AvgIpc) is 2.73. The van der Waals surface area contributed by atoms with Crippen molar-refractivity contribution in [2.45, 2.75) is 6.92 Å². The van der Waals surface area contributed by atoms with Crippen LogP contribution in [-0.4, -0.2) is 66.2 Å². The number of nitrogens with two attached hydrogens (primary N) is 1. The molecule has 14 heteroatoms. The first-order valence-corrected chi connectivity index (χ1v) is 8.70. The van der Waals surface area contributed by atoms with Gasteiger partial charge < -0.3 is 34.7 Å². The predicted molar refractivity (Wildman–Crippen MR) is 111 cm³/mol. The van der Waals surface area contributed by atoms with Gasteiger partial charge in [0.05, 0.1) is 47.2 Å². The Morgan fingerprint density at radius 2 is 1.37 bits per heavy atom. The average molecular weight is 441 g/mol. The second-order valence-electron chi connectivity index (χ2n) is 4.89. The number of nitrogens with one attached hydrogen (secondary N) is 2. The number of aromatic nitrogens is 4. The number of carbonyl (C=O) groups excluding carboxylic acids is 1. The van der Waals surface area contributed by atoms with Gasteiger partial charge >= 0.3 is 6.09 Å². The molecular weight excluding hydrogens is 418 g/mol. The fourth-order valence-corrected chi connectivity index (χ4v) is 1.87. The minimum atomic E-state index is -0.658. The number of amides is 1. The van der Waals surface area contributed by atoms with Gasteiger partial charge in [-0.05, 0) is 19.1 Å². The number of anilines is 2. The maximum absolute atomic E-state index is 11.1. The van der Waals surface area contributed by atoms with Gasteiger partial charge in [0.15, 0.2) is 5.11 Å². The molecule has 2 heterocycles. The quantitative estimate of drug-likeness (QED) is 0.544. The number of hydrogen-bond donors (Lipinski definition) is 3. The Kier molecular flexibility index (Phi) is 10.3. The van der Waals surface area contributed by atoms with E-state index in [0.717, 1.165) is 0 Å². The topological polar surface area (TPSA) is 165 Å². The predicted octanol–water partition coefficient (Wildman–Crippen LogP) is 1.01. The Balaban J connectivity index is 0.000000346. The maximum Gasteiger partial charge on any atom is 0.413 e. The van der Waals surface area contributed by atoms with Gasteiger partial charge in [-0.25, -0.2) is 4.79 Å². The standard InChI is InChI=1S/C10H14N4O4S.C6H9N3O2/c1-4-18-10(15)14-9(19)13-8-11-6(16-2)5-7(12-8)17-3;1-10-4-3-5(11-2)9-6(7)8-4/h5H,4H2,1-3H3,(H2,11,12,13,14,15,19);3H,1-2H3,(H2,7,8,9). The van der Waals surface area contributed by atoms with Crippen LogP contribution >= 0.6 is 12.2 Å². The molecule has 0 atom stereocenters. The number of carbonyl (C=O) groups is 1. The molecule has 0 radical (unpaired) electrons. The lowest BCUT2D eigenvalue weighted by Gasteiger charge is -2.09. The van der Waals surface area contributed by atoms with Gasteiger partial charge in [0.2, 0.25) is 35.4 Å². The van der Waals surface area contributed by atoms with Gasteiger partial charge in [0.25, 0.3) is 0 Å². The molecule has 0 bridgehead atoms. The van der Waals surface area contributed by atoms with Crippen molar-refractivity contribution in [2.24, 2.45) is 0 Å². The summed E-state index contributed by atoms with van der Waals surface area (Å²) in [5, 5.41) is 4.93. The van der Waals surface area contributed by atoms with Crippen LogP contribution in [0.4, 0.5) is 16.7 Å². The van der Waals surface area contributed by atoms with Gasteiger partial charge in [0, 0.05) is 0 Å². The molecule has 30 heavy (non-hydrogen) atoms. The zero-order valence-corrected chi connectivity index (χ0v) is 17.9. The fourth-order valence-electron chi connectivity index (χ4n) is 1.69. The van der Waals surface area contributed by atoms with Crippen molar-refractivity contribution in [1.82, 2.24) is 25.3 Å². The largest absolute Gasteiger partial charge is 0.481 e. The highest BCUT2D eigenvalue weighted by Crippen LogP contribution is 2.17. The third-order valence-electron chi connectivity index (χ3n) is 2.93. The van der Waals surface area contributed by atoms with Crippen molar-refractivity contribution < 1.29 is 28.5 Å². The molecule has 2 rings (SSSR count). The molecule has 4 N–H and O–H groups in total. The van der Waals surface area contributed by atoms with E-state index in [1.807, 2.05) is 0 Å². The van der Waals surface area contributed by atoms with Crippen molar-refractivity contribution in [1.29, 1.82) is 0 Å². The molecule has 0 aliphatic carbocycles.